The minimum Gasteiger partial charge on any atom is -0.461 e. The Balaban J connectivity index is 1.82. The van der Waals surface area contributed by atoms with Crippen LogP contribution in [-0.2, 0) is 19.1 Å². The Morgan fingerprint density at radius 3 is 2.79 bits per heavy atom. The summed E-state index contributed by atoms with van der Waals surface area (Å²) in [5, 5.41) is 9.86. The van der Waals surface area contributed by atoms with E-state index in [-0.39, 0.29) is 48.1 Å². The van der Waals surface area contributed by atoms with Crippen molar-refractivity contribution in [2.45, 2.75) is 71.7 Å². The molecule has 0 spiro atoms. The Morgan fingerprint density at radius 2 is 2.10 bits per heavy atom. The highest BCUT2D eigenvalue weighted by molar-refractivity contribution is 5.72. The van der Waals surface area contributed by atoms with E-state index in [0.717, 1.165) is 12.8 Å². The second-order valence-electron chi connectivity index (χ2n) is 8.99. The molecule has 0 aromatic carbocycles. The number of carbonyl (C=O) groups is 2. The summed E-state index contributed by atoms with van der Waals surface area (Å²) in [6, 6.07) is 0. The van der Waals surface area contributed by atoms with Crippen LogP contribution in [0.1, 0.15) is 53.4 Å². The van der Waals surface area contributed by atoms with E-state index in [9.17, 15) is 14.7 Å². The smallest absolute Gasteiger partial charge is 0.309 e. The molecule has 1 N–H and O–H groups in total. The van der Waals surface area contributed by atoms with Crippen molar-refractivity contribution in [3.63, 3.8) is 0 Å². The zero-order valence-corrected chi connectivity index (χ0v) is 17.9. The van der Waals surface area contributed by atoms with Crippen LogP contribution in [0.25, 0.3) is 0 Å². The van der Waals surface area contributed by atoms with Gasteiger partial charge in [0.1, 0.15) is 12.2 Å². The fourth-order valence-corrected chi connectivity index (χ4v) is 4.62. The van der Waals surface area contributed by atoms with Crippen LogP contribution in [0.5, 0.6) is 0 Å². The standard InChI is InChI=1S/C24H34O5/c1-5-15(3)24(27)29-21-11-14(2)10-17-7-6-16(4)20(23(17)21)9-8-19-12-18(25)13-22(26)28-19/h6-10,14-16,18-21,23,25H,5,11-13H2,1-4H3/b9-8+/t14-,15-,16-,18+,19+,20-,21-,23-/m0/s1. The van der Waals surface area contributed by atoms with Crippen molar-refractivity contribution in [2.75, 3.05) is 0 Å². The van der Waals surface area contributed by atoms with E-state index in [1.54, 1.807) is 0 Å². The molecule has 0 aromatic rings. The number of aliphatic hydroxyl groups is 1. The Bertz CT molecular complexity index is 706. The summed E-state index contributed by atoms with van der Waals surface area (Å²) in [5.41, 5.74) is 1.22. The molecule has 160 valence electrons. The SMILES string of the molecule is CC[C@H](C)C(=O)O[C@H]1C[C@@H](C)C=C2C=C[C@H](C)[C@H](/C=C/[C@@H]3C[C@@H](O)CC(=O)O3)[C@H]21. The summed E-state index contributed by atoms with van der Waals surface area (Å²) in [5.74, 6) is 0.283. The van der Waals surface area contributed by atoms with Gasteiger partial charge in [-0.1, -0.05) is 52.0 Å². The molecule has 0 radical (unpaired) electrons. The summed E-state index contributed by atoms with van der Waals surface area (Å²) in [7, 11) is 0. The molecule has 0 amide bonds. The molecule has 0 saturated carbocycles. The minimum absolute atomic E-state index is 0.0634. The third kappa shape index (κ3) is 5.19. The molecule has 0 aromatic heterocycles. The topological polar surface area (TPSA) is 72.8 Å². The summed E-state index contributed by atoms with van der Waals surface area (Å²) in [6.07, 6.45) is 11.5. The quantitative estimate of drug-likeness (QED) is 0.556. The van der Waals surface area contributed by atoms with Gasteiger partial charge in [-0.05, 0) is 42.2 Å². The van der Waals surface area contributed by atoms with Crippen LogP contribution in [-0.4, -0.2) is 35.4 Å². The molecule has 8 atom stereocenters. The number of esters is 2. The molecule has 1 saturated heterocycles. The van der Waals surface area contributed by atoms with E-state index in [2.05, 4.69) is 38.2 Å². The first kappa shape index (κ1) is 21.8. The minimum atomic E-state index is -0.648. The average molecular weight is 403 g/mol. The Kier molecular flexibility index (Phi) is 6.99. The van der Waals surface area contributed by atoms with Gasteiger partial charge >= 0.3 is 11.9 Å². The molecule has 0 bridgehead atoms. The van der Waals surface area contributed by atoms with Gasteiger partial charge in [0.05, 0.1) is 18.4 Å². The molecular weight excluding hydrogens is 368 g/mol. The lowest BCUT2D eigenvalue weighted by atomic mass is 9.66. The summed E-state index contributed by atoms with van der Waals surface area (Å²) < 4.78 is 11.4. The molecule has 2 aliphatic carbocycles. The van der Waals surface area contributed by atoms with Crippen molar-refractivity contribution < 1.29 is 24.2 Å². The van der Waals surface area contributed by atoms with Gasteiger partial charge in [0.2, 0.25) is 0 Å². The predicted octanol–water partition coefficient (Wildman–Crippen LogP) is 3.97. The van der Waals surface area contributed by atoms with Gasteiger partial charge < -0.3 is 14.6 Å². The number of carbonyl (C=O) groups excluding carboxylic acids is 2. The first-order chi connectivity index (χ1) is 13.8. The number of hydrogen-bond donors (Lipinski definition) is 1. The highest BCUT2D eigenvalue weighted by Crippen LogP contribution is 2.43. The second-order valence-corrected chi connectivity index (χ2v) is 8.99. The number of aliphatic hydroxyl groups excluding tert-OH is 1. The van der Waals surface area contributed by atoms with E-state index >= 15 is 0 Å². The molecular formula is C24H34O5. The fourth-order valence-electron chi connectivity index (χ4n) is 4.62. The van der Waals surface area contributed by atoms with Gasteiger partial charge in [0.25, 0.3) is 0 Å². The number of ether oxygens (including phenoxy) is 2. The van der Waals surface area contributed by atoms with Crippen molar-refractivity contribution in [3.8, 4) is 0 Å². The lowest BCUT2D eigenvalue weighted by molar-refractivity contribution is -0.158. The summed E-state index contributed by atoms with van der Waals surface area (Å²) in [6.45, 7) is 8.23. The highest BCUT2D eigenvalue weighted by atomic mass is 16.5. The van der Waals surface area contributed by atoms with E-state index in [1.165, 1.54) is 5.57 Å². The van der Waals surface area contributed by atoms with Crippen LogP contribution in [0.4, 0.5) is 0 Å². The summed E-state index contributed by atoms with van der Waals surface area (Å²) in [4.78, 5) is 24.2. The van der Waals surface area contributed by atoms with Crippen LogP contribution in [0.3, 0.4) is 0 Å². The predicted molar refractivity (Wildman–Crippen MR) is 111 cm³/mol. The Morgan fingerprint density at radius 1 is 1.34 bits per heavy atom. The van der Waals surface area contributed by atoms with Gasteiger partial charge in [0.15, 0.2) is 0 Å². The maximum atomic E-state index is 12.5. The third-order valence-corrected chi connectivity index (χ3v) is 6.50. The van der Waals surface area contributed by atoms with Gasteiger partial charge in [0, 0.05) is 12.3 Å². The summed E-state index contributed by atoms with van der Waals surface area (Å²) >= 11 is 0. The maximum Gasteiger partial charge on any atom is 0.309 e. The van der Waals surface area contributed by atoms with Crippen LogP contribution in [0.15, 0.2) is 36.0 Å². The van der Waals surface area contributed by atoms with E-state index in [1.807, 2.05) is 19.9 Å². The molecule has 3 aliphatic rings. The monoisotopic (exact) mass is 402 g/mol. The number of rotatable bonds is 5. The molecule has 0 unspecified atom stereocenters. The van der Waals surface area contributed by atoms with Gasteiger partial charge in [-0.3, -0.25) is 9.59 Å². The second kappa shape index (κ2) is 9.29. The molecule has 5 nitrogen and oxygen atoms in total. The van der Waals surface area contributed by atoms with E-state index in [0.29, 0.717) is 12.3 Å². The Labute approximate surface area is 173 Å². The molecule has 29 heavy (non-hydrogen) atoms. The van der Waals surface area contributed by atoms with Gasteiger partial charge in [-0.25, -0.2) is 0 Å². The van der Waals surface area contributed by atoms with Gasteiger partial charge in [-0.15, -0.1) is 0 Å². The van der Waals surface area contributed by atoms with Crippen molar-refractivity contribution in [1.29, 1.82) is 0 Å². The third-order valence-electron chi connectivity index (χ3n) is 6.50. The number of allylic oxidation sites excluding steroid dienone is 4. The normalized spacial score (nSPS) is 38.2. The lowest BCUT2D eigenvalue weighted by Gasteiger charge is -2.42. The van der Waals surface area contributed by atoms with Crippen LogP contribution in [0.2, 0.25) is 0 Å². The van der Waals surface area contributed by atoms with Crippen LogP contribution in [0, 0.1) is 29.6 Å². The van der Waals surface area contributed by atoms with Crippen molar-refractivity contribution in [1.82, 2.24) is 0 Å². The molecule has 1 fully saturated rings. The first-order valence-electron chi connectivity index (χ1n) is 10.9. The molecule has 1 aliphatic heterocycles. The average Bonchev–Trinajstić information content (AvgIpc) is 2.65. The number of hydrogen-bond acceptors (Lipinski definition) is 5. The van der Waals surface area contributed by atoms with E-state index in [4.69, 9.17) is 9.47 Å². The highest BCUT2D eigenvalue weighted by Gasteiger charge is 2.41. The number of cyclic esters (lactones) is 1. The largest absolute Gasteiger partial charge is 0.461 e. The van der Waals surface area contributed by atoms with Crippen molar-refractivity contribution in [2.24, 2.45) is 29.6 Å². The van der Waals surface area contributed by atoms with Crippen molar-refractivity contribution in [3.05, 3.63) is 36.0 Å². The molecule has 5 heteroatoms. The first-order valence-corrected chi connectivity index (χ1v) is 10.9. The maximum absolute atomic E-state index is 12.5. The fraction of sp³-hybridized carbons (Fsp3) is 0.667. The molecule has 3 rings (SSSR count). The van der Waals surface area contributed by atoms with E-state index < -0.39 is 12.2 Å². The lowest BCUT2D eigenvalue weighted by Crippen LogP contribution is -2.41. The Hall–Kier alpha value is -1.88. The number of fused-ring (bicyclic) bond motifs is 1. The van der Waals surface area contributed by atoms with Crippen LogP contribution >= 0.6 is 0 Å². The zero-order valence-electron chi connectivity index (χ0n) is 17.9. The molecule has 1 heterocycles. The van der Waals surface area contributed by atoms with Gasteiger partial charge in [-0.2, -0.15) is 0 Å². The van der Waals surface area contributed by atoms with Crippen molar-refractivity contribution >= 4 is 11.9 Å². The van der Waals surface area contributed by atoms with Crippen LogP contribution < -0.4 is 0 Å². The zero-order chi connectivity index (χ0) is 21.1.